The van der Waals surface area contributed by atoms with Gasteiger partial charge in [0.25, 0.3) is 0 Å². The molecule has 0 heterocycles. The van der Waals surface area contributed by atoms with Crippen LogP contribution in [-0.4, -0.2) is 26.3 Å². The third-order valence-corrected chi connectivity index (χ3v) is 4.68. The average Bonchev–Trinajstić information content (AvgIpc) is 2.46. The van der Waals surface area contributed by atoms with Crippen LogP contribution in [0.1, 0.15) is 29.8 Å². The minimum Gasteiger partial charge on any atom is -0.465 e. The Morgan fingerprint density at radius 1 is 1.10 bits per heavy atom. The van der Waals surface area contributed by atoms with Gasteiger partial charge in [-0.2, -0.15) is 0 Å². The molecule has 0 aliphatic carbocycles. The highest BCUT2D eigenvalue weighted by atomic mass is 31.2. The lowest BCUT2D eigenvalue weighted by Gasteiger charge is -2.19. The first kappa shape index (κ1) is 16.6. The molecular weight excluding hydrogens is 279 g/mol. The average molecular weight is 298 g/mol. The van der Waals surface area contributed by atoms with E-state index in [0.29, 0.717) is 11.1 Å². The molecule has 0 saturated carbocycles. The van der Waals surface area contributed by atoms with Crippen molar-refractivity contribution in [2.45, 2.75) is 13.8 Å². The van der Waals surface area contributed by atoms with Crippen molar-refractivity contribution in [1.82, 2.24) is 0 Å². The summed E-state index contributed by atoms with van der Waals surface area (Å²) in [6, 6.07) is 6.43. The summed E-state index contributed by atoms with van der Waals surface area (Å²) in [5.41, 5.74) is 1.01. The van der Waals surface area contributed by atoms with Crippen LogP contribution in [0.25, 0.3) is 5.31 Å². The van der Waals surface area contributed by atoms with Gasteiger partial charge in [-0.3, -0.25) is 4.57 Å². The maximum absolute atomic E-state index is 12.6. The molecule has 0 aliphatic rings. The monoisotopic (exact) mass is 298 g/mol. The maximum atomic E-state index is 12.6. The van der Waals surface area contributed by atoms with Gasteiger partial charge in [-0.05, 0) is 31.5 Å². The number of benzene rings is 1. The molecule has 0 radical (unpaired) electrons. The molecule has 0 unspecified atom stereocenters. The molecular formula is C14H19O5P. The highest BCUT2D eigenvalue weighted by Gasteiger charge is 2.29. The molecule has 1 aromatic rings. The third kappa shape index (κ3) is 3.79. The molecule has 0 aliphatic heterocycles. The molecule has 0 atom stereocenters. The molecule has 1 aromatic carbocycles. The van der Waals surface area contributed by atoms with Gasteiger partial charge in [0.05, 0.1) is 31.2 Å². The smallest absolute Gasteiger partial charge is 0.361 e. The number of carbonyl (C=O) groups is 1. The number of ether oxygens (including phenoxy) is 1. The standard InChI is InChI=1S/C14H19O5P/c1-5-18-20(16,19-6-2)11(3)12-7-9-13(10-8-12)14(15)17-4/h7-10H,3,5-6H2,1-2,4H3. The van der Waals surface area contributed by atoms with Gasteiger partial charge in [-0.1, -0.05) is 18.7 Å². The third-order valence-electron chi connectivity index (χ3n) is 2.57. The van der Waals surface area contributed by atoms with E-state index in [1.807, 2.05) is 0 Å². The van der Waals surface area contributed by atoms with Crippen LogP contribution in [0.4, 0.5) is 0 Å². The van der Waals surface area contributed by atoms with Crippen LogP contribution in [0.15, 0.2) is 30.8 Å². The number of carbonyl (C=O) groups excluding carboxylic acids is 1. The van der Waals surface area contributed by atoms with E-state index in [2.05, 4.69) is 11.3 Å². The first-order valence-electron chi connectivity index (χ1n) is 6.25. The number of rotatable bonds is 7. The lowest BCUT2D eigenvalue weighted by Crippen LogP contribution is -2.01. The minimum absolute atomic E-state index is 0.260. The Hall–Kier alpha value is -1.42. The number of hydrogen-bond donors (Lipinski definition) is 0. The summed E-state index contributed by atoms with van der Waals surface area (Å²) >= 11 is 0. The number of methoxy groups -OCH3 is 1. The fourth-order valence-corrected chi connectivity index (χ4v) is 3.14. The molecule has 0 amide bonds. The second-order valence-electron chi connectivity index (χ2n) is 3.85. The van der Waals surface area contributed by atoms with Gasteiger partial charge in [0.15, 0.2) is 0 Å². The molecule has 0 fully saturated rings. The van der Waals surface area contributed by atoms with Gasteiger partial charge in [0.1, 0.15) is 0 Å². The normalized spacial score (nSPS) is 11.2. The molecule has 0 spiro atoms. The summed E-state index contributed by atoms with van der Waals surface area (Å²) < 4.78 is 27.6. The van der Waals surface area contributed by atoms with Crippen molar-refractivity contribution in [2.75, 3.05) is 20.3 Å². The summed E-state index contributed by atoms with van der Waals surface area (Å²) in [5.74, 6) is -0.431. The summed E-state index contributed by atoms with van der Waals surface area (Å²) in [4.78, 5) is 11.3. The van der Waals surface area contributed by atoms with E-state index < -0.39 is 13.6 Å². The van der Waals surface area contributed by atoms with Crippen LogP contribution < -0.4 is 0 Å². The Morgan fingerprint density at radius 2 is 1.55 bits per heavy atom. The molecule has 1 rings (SSSR count). The first-order chi connectivity index (χ1) is 9.48. The summed E-state index contributed by atoms with van der Waals surface area (Å²) in [7, 11) is -2.08. The van der Waals surface area contributed by atoms with Crippen LogP contribution in [-0.2, 0) is 18.3 Å². The quantitative estimate of drug-likeness (QED) is 0.567. The van der Waals surface area contributed by atoms with Crippen molar-refractivity contribution < 1.29 is 23.1 Å². The Morgan fingerprint density at radius 3 is 1.95 bits per heavy atom. The maximum Gasteiger partial charge on any atom is 0.361 e. The van der Waals surface area contributed by atoms with E-state index in [9.17, 15) is 9.36 Å². The van der Waals surface area contributed by atoms with Gasteiger partial charge in [0, 0.05) is 0 Å². The largest absolute Gasteiger partial charge is 0.465 e. The topological polar surface area (TPSA) is 61.8 Å². The van der Waals surface area contributed by atoms with Crippen molar-refractivity contribution >= 4 is 18.9 Å². The SMILES string of the molecule is C=C(c1ccc(C(=O)OC)cc1)P(=O)(OCC)OCC. The minimum atomic E-state index is -3.39. The van der Waals surface area contributed by atoms with Gasteiger partial charge in [-0.25, -0.2) is 4.79 Å². The molecule has 6 heteroatoms. The van der Waals surface area contributed by atoms with Crippen molar-refractivity contribution in [3.8, 4) is 0 Å². The predicted molar refractivity (Wildman–Crippen MR) is 77.7 cm³/mol. The van der Waals surface area contributed by atoms with Crippen LogP contribution in [0.3, 0.4) is 0 Å². The molecule has 110 valence electrons. The van der Waals surface area contributed by atoms with Crippen LogP contribution in [0.5, 0.6) is 0 Å². The van der Waals surface area contributed by atoms with Crippen molar-refractivity contribution in [2.24, 2.45) is 0 Å². The van der Waals surface area contributed by atoms with Gasteiger partial charge >= 0.3 is 13.6 Å². The molecule has 0 N–H and O–H groups in total. The summed E-state index contributed by atoms with van der Waals surface area (Å²) in [5, 5.41) is 0.276. The van der Waals surface area contributed by atoms with E-state index in [4.69, 9.17) is 9.05 Å². The number of esters is 1. The zero-order chi connectivity index (χ0) is 15.2. The van der Waals surface area contributed by atoms with E-state index in [1.54, 1.807) is 38.1 Å². The summed E-state index contributed by atoms with van der Waals surface area (Å²) in [6.45, 7) is 7.79. The van der Waals surface area contributed by atoms with Gasteiger partial charge in [-0.15, -0.1) is 0 Å². The molecule has 5 nitrogen and oxygen atoms in total. The van der Waals surface area contributed by atoms with Crippen LogP contribution >= 0.6 is 7.60 Å². The summed E-state index contributed by atoms with van der Waals surface area (Å²) in [6.07, 6.45) is 0. The second kappa shape index (κ2) is 7.39. The predicted octanol–water partition coefficient (Wildman–Crippen LogP) is 3.71. The molecule has 0 saturated heterocycles. The lowest BCUT2D eigenvalue weighted by atomic mass is 10.1. The van der Waals surface area contributed by atoms with E-state index >= 15 is 0 Å². The second-order valence-corrected chi connectivity index (χ2v) is 5.90. The fourth-order valence-electron chi connectivity index (χ4n) is 1.61. The van der Waals surface area contributed by atoms with Crippen LogP contribution in [0, 0.1) is 0 Å². The van der Waals surface area contributed by atoms with E-state index in [0.717, 1.165) is 0 Å². The van der Waals surface area contributed by atoms with Crippen molar-refractivity contribution in [3.63, 3.8) is 0 Å². The lowest BCUT2D eigenvalue weighted by molar-refractivity contribution is 0.0600. The highest BCUT2D eigenvalue weighted by Crippen LogP contribution is 2.59. The highest BCUT2D eigenvalue weighted by molar-refractivity contribution is 7.65. The molecule has 0 aromatic heterocycles. The Labute approximate surface area is 119 Å². The zero-order valence-electron chi connectivity index (χ0n) is 11.9. The Balaban J connectivity index is 3.01. The first-order valence-corrected chi connectivity index (χ1v) is 7.80. The van der Waals surface area contributed by atoms with E-state index in [1.165, 1.54) is 7.11 Å². The number of hydrogen-bond acceptors (Lipinski definition) is 5. The van der Waals surface area contributed by atoms with Crippen molar-refractivity contribution in [1.29, 1.82) is 0 Å². The van der Waals surface area contributed by atoms with Crippen molar-refractivity contribution in [3.05, 3.63) is 42.0 Å². The Kier molecular flexibility index (Phi) is 6.14. The van der Waals surface area contributed by atoms with E-state index in [-0.39, 0.29) is 18.5 Å². The Bertz CT molecular complexity index is 511. The van der Waals surface area contributed by atoms with Gasteiger partial charge < -0.3 is 13.8 Å². The zero-order valence-corrected chi connectivity index (χ0v) is 12.8. The molecule has 20 heavy (non-hydrogen) atoms. The van der Waals surface area contributed by atoms with Gasteiger partial charge in [0.2, 0.25) is 0 Å². The molecule has 0 bridgehead atoms. The van der Waals surface area contributed by atoms with Crippen LogP contribution in [0.2, 0.25) is 0 Å². The fraction of sp³-hybridized carbons (Fsp3) is 0.357.